The van der Waals surface area contributed by atoms with Crippen molar-refractivity contribution < 1.29 is 10.2 Å². The minimum atomic E-state index is -0.515. The average molecular weight is 290 g/mol. The Morgan fingerprint density at radius 1 is 1.00 bits per heavy atom. The fourth-order valence-electron chi connectivity index (χ4n) is 6.56. The molecule has 0 radical (unpaired) electrons. The van der Waals surface area contributed by atoms with E-state index in [1.807, 2.05) is 0 Å². The van der Waals surface area contributed by atoms with Crippen LogP contribution in [0.5, 0.6) is 0 Å². The molecule has 0 aliphatic heterocycles. The first-order valence-corrected chi connectivity index (χ1v) is 9.02. The van der Waals surface area contributed by atoms with E-state index in [1.165, 1.54) is 32.1 Å². The van der Waals surface area contributed by atoms with Crippen LogP contribution in [0.4, 0.5) is 0 Å². The van der Waals surface area contributed by atoms with Crippen molar-refractivity contribution in [3.8, 4) is 0 Å². The molecule has 4 aliphatic carbocycles. The van der Waals surface area contributed by atoms with E-state index in [9.17, 15) is 10.2 Å². The third-order valence-electron chi connectivity index (χ3n) is 7.93. The van der Waals surface area contributed by atoms with Gasteiger partial charge in [0.25, 0.3) is 0 Å². The van der Waals surface area contributed by atoms with Crippen molar-refractivity contribution in [1.29, 1.82) is 0 Å². The summed E-state index contributed by atoms with van der Waals surface area (Å²) >= 11 is 0. The van der Waals surface area contributed by atoms with Crippen LogP contribution in [0.15, 0.2) is 11.6 Å². The zero-order valence-corrected chi connectivity index (χ0v) is 13.5. The summed E-state index contributed by atoms with van der Waals surface area (Å²) < 4.78 is 0. The van der Waals surface area contributed by atoms with Gasteiger partial charge in [-0.25, -0.2) is 0 Å². The number of allylic oxidation sites excluding steroid dienone is 2. The van der Waals surface area contributed by atoms with Gasteiger partial charge in [0.15, 0.2) is 0 Å². The van der Waals surface area contributed by atoms with E-state index in [0.717, 1.165) is 25.2 Å². The van der Waals surface area contributed by atoms with Crippen molar-refractivity contribution in [3.05, 3.63) is 11.6 Å². The molecule has 2 nitrogen and oxygen atoms in total. The lowest BCUT2D eigenvalue weighted by Gasteiger charge is -2.58. The maximum Gasteiger partial charge on any atom is 0.0835 e. The van der Waals surface area contributed by atoms with Crippen LogP contribution < -0.4 is 0 Å². The molecule has 0 saturated heterocycles. The first-order valence-electron chi connectivity index (χ1n) is 9.02. The summed E-state index contributed by atoms with van der Waals surface area (Å²) in [5.41, 5.74) is 2.51. The van der Waals surface area contributed by atoms with E-state index >= 15 is 0 Å². The minimum absolute atomic E-state index is 0.215. The van der Waals surface area contributed by atoms with Gasteiger partial charge in [0, 0.05) is 0 Å². The minimum Gasteiger partial charge on any atom is -0.390 e. The van der Waals surface area contributed by atoms with Crippen molar-refractivity contribution >= 4 is 0 Å². The van der Waals surface area contributed by atoms with E-state index in [-0.39, 0.29) is 11.3 Å². The topological polar surface area (TPSA) is 40.5 Å². The van der Waals surface area contributed by atoms with Crippen molar-refractivity contribution in [1.82, 2.24) is 0 Å². The summed E-state index contributed by atoms with van der Waals surface area (Å²) in [5.74, 6) is 1.73. The molecule has 0 amide bonds. The number of aliphatic hydroxyl groups excluding tert-OH is 2. The molecule has 7 unspecified atom stereocenters. The Labute approximate surface area is 128 Å². The van der Waals surface area contributed by atoms with Crippen LogP contribution in [-0.4, -0.2) is 22.4 Å². The fraction of sp³-hybridized carbons (Fsp3) is 0.895. The second-order valence-electron chi connectivity index (χ2n) is 8.84. The number of aliphatic hydroxyl groups is 2. The van der Waals surface area contributed by atoms with Gasteiger partial charge in [-0.3, -0.25) is 0 Å². The summed E-state index contributed by atoms with van der Waals surface area (Å²) in [6.45, 7) is 4.91. The van der Waals surface area contributed by atoms with Gasteiger partial charge in [0.1, 0.15) is 0 Å². The van der Waals surface area contributed by atoms with Gasteiger partial charge >= 0.3 is 0 Å². The highest BCUT2D eigenvalue weighted by atomic mass is 16.3. The molecule has 21 heavy (non-hydrogen) atoms. The second-order valence-corrected chi connectivity index (χ2v) is 8.84. The fourth-order valence-corrected chi connectivity index (χ4v) is 6.56. The molecule has 0 heterocycles. The first kappa shape index (κ1) is 14.3. The lowest BCUT2D eigenvalue weighted by Crippen LogP contribution is -2.54. The molecule has 7 atom stereocenters. The van der Waals surface area contributed by atoms with E-state index < -0.39 is 12.2 Å². The van der Waals surface area contributed by atoms with E-state index in [0.29, 0.717) is 11.3 Å². The second kappa shape index (κ2) is 4.58. The van der Waals surface area contributed by atoms with Gasteiger partial charge in [-0.2, -0.15) is 0 Å². The Kier molecular flexibility index (Phi) is 3.11. The molecule has 0 aromatic heterocycles. The Hall–Kier alpha value is -0.340. The average Bonchev–Trinajstić information content (AvgIpc) is 2.85. The molecule has 0 spiro atoms. The van der Waals surface area contributed by atoms with Crippen LogP contribution in [0.25, 0.3) is 0 Å². The zero-order chi connectivity index (χ0) is 14.8. The molecular formula is C19H30O2. The summed E-state index contributed by atoms with van der Waals surface area (Å²) in [7, 11) is 0. The standard InChI is InChI=1S/C19H30O2/c1-18-9-3-4-13(18)12-5-6-15-17(21)16(20)8-11-19(15,2)14(12)7-10-18/h5,13-17,20-21H,3-4,6-11H2,1-2H3. The molecule has 0 aromatic rings. The molecule has 3 saturated carbocycles. The summed E-state index contributed by atoms with van der Waals surface area (Å²) in [6, 6.07) is 0. The Balaban J connectivity index is 1.71. The van der Waals surface area contributed by atoms with E-state index in [4.69, 9.17) is 0 Å². The van der Waals surface area contributed by atoms with Crippen LogP contribution in [0.2, 0.25) is 0 Å². The molecule has 2 N–H and O–H groups in total. The monoisotopic (exact) mass is 290 g/mol. The molecule has 118 valence electrons. The maximum absolute atomic E-state index is 10.5. The van der Waals surface area contributed by atoms with Gasteiger partial charge in [-0.15, -0.1) is 0 Å². The number of rotatable bonds is 0. The Morgan fingerprint density at radius 2 is 1.81 bits per heavy atom. The van der Waals surface area contributed by atoms with Gasteiger partial charge in [-0.1, -0.05) is 31.9 Å². The molecule has 0 bridgehead atoms. The zero-order valence-electron chi connectivity index (χ0n) is 13.5. The Morgan fingerprint density at radius 3 is 2.62 bits per heavy atom. The van der Waals surface area contributed by atoms with E-state index in [2.05, 4.69) is 19.9 Å². The maximum atomic E-state index is 10.5. The van der Waals surface area contributed by atoms with Gasteiger partial charge in [0.2, 0.25) is 0 Å². The lowest BCUT2D eigenvalue weighted by atomic mass is 9.48. The van der Waals surface area contributed by atoms with Crippen molar-refractivity contribution in [3.63, 3.8) is 0 Å². The molecule has 3 fully saturated rings. The van der Waals surface area contributed by atoms with Crippen LogP contribution in [0.1, 0.15) is 65.2 Å². The smallest absolute Gasteiger partial charge is 0.0835 e. The predicted molar refractivity (Wildman–Crippen MR) is 83.7 cm³/mol. The quantitative estimate of drug-likeness (QED) is 0.668. The molecule has 2 heteroatoms. The third-order valence-corrected chi connectivity index (χ3v) is 7.93. The normalized spacial score (nSPS) is 56.2. The summed E-state index contributed by atoms with van der Waals surface area (Å²) in [5, 5.41) is 20.5. The van der Waals surface area contributed by atoms with Gasteiger partial charge in [0.05, 0.1) is 12.2 Å². The number of hydrogen-bond acceptors (Lipinski definition) is 2. The first-order chi connectivity index (χ1) is 9.96. The molecule has 0 aromatic carbocycles. The number of fused-ring (bicyclic) bond motifs is 5. The molecule has 4 aliphatic rings. The van der Waals surface area contributed by atoms with Gasteiger partial charge in [-0.05, 0) is 73.5 Å². The lowest BCUT2D eigenvalue weighted by molar-refractivity contribution is -0.123. The summed E-state index contributed by atoms with van der Waals surface area (Å²) in [6.07, 6.45) is 11.1. The summed E-state index contributed by atoms with van der Waals surface area (Å²) in [4.78, 5) is 0. The van der Waals surface area contributed by atoms with Crippen molar-refractivity contribution in [2.45, 2.75) is 77.4 Å². The highest BCUT2D eigenvalue weighted by Crippen LogP contribution is 2.64. The highest BCUT2D eigenvalue weighted by Gasteiger charge is 2.56. The third kappa shape index (κ3) is 1.84. The SMILES string of the molecule is CC12CCCC1C1=CCC3C(O)C(O)CCC3(C)C1CC2. The molecular weight excluding hydrogens is 260 g/mol. The van der Waals surface area contributed by atoms with Crippen LogP contribution in [0.3, 0.4) is 0 Å². The van der Waals surface area contributed by atoms with Crippen molar-refractivity contribution in [2.24, 2.45) is 28.6 Å². The highest BCUT2D eigenvalue weighted by molar-refractivity contribution is 5.27. The van der Waals surface area contributed by atoms with E-state index in [1.54, 1.807) is 5.57 Å². The molecule has 4 rings (SSSR count). The van der Waals surface area contributed by atoms with Crippen LogP contribution >= 0.6 is 0 Å². The van der Waals surface area contributed by atoms with Crippen LogP contribution in [0, 0.1) is 28.6 Å². The predicted octanol–water partition coefficient (Wildman–Crippen LogP) is 3.67. The van der Waals surface area contributed by atoms with Gasteiger partial charge < -0.3 is 10.2 Å². The number of hydrogen-bond donors (Lipinski definition) is 2. The van der Waals surface area contributed by atoms with Crippen LogP contribution in [-0.2, 0) is 0 Å². The largest absolute Gasteiger partial charge is 0.390 e. The Bertz CT molecular complexity index is 470. The van der Waals surface area contributed by atoms with Crippen molar-refractivity contribution in [2.75, 3.05) is 0 Å².